The molecule has 0 spiro atoms. The van der Waals surface area contributed by atoms with Crippen LogP contribution in [-0.2, 0) is 11.2 Å². The van der Waals surface area contributed by atoms with Crippen molar-refractivity contribution in [3.63, 3.8) is 0 Å². The molecular weight excluding hydrogens is 292 g/mol. The van der Waals surface area contributed by atoms with E-state index in [-0.39, 0.29) is 11.5 Å². The highest BCUT2D eigenvalue weighted by Crippen LogP contribution is 2.24. The standard InChI is InChI=1S/C17H28N4O2/c1-6-13-9-21(10-15(13)20(4)5)16(22)8-7-14-11(2)18-12(3)19-17(14)23/h13,15H,6-10H2,1-5H3,(H,18,19,23)/t13-,15-/m1/s1. The SMILES string of the molecule is CC[C@@H]1CN(C(=O)CCc2c(C)nc(C)[nH]c2=O)C[C@H]1N(C)C. The molecule has 128 valence electrons. The largest absolute Gasteiger partial charge is 0.341 e. The van der Waals surface area contributed by atoms with Crippen LogP contribution < -0.4 is 5.56 Å². The van der Waals surface area contributed by atoms with Gasteiger partial charge in [0.15, 0.2) is 0 Å². The van der Waals surface area contributed by atoms with Crippen molar-refractivity contribution in [1.82, 2.24) is 19.8 Å². The van der Waals surface area contributed by atoms with Crippen LogP contribution in [-0.4, -0.2) is 58.9 Å². The molecule has 1 aliphatic rings. The van der Waals surface area contributed by atoms with E-state index in [9.17, 15) is 9.59 Å². The molecule has 1 saturated heterocycles. The normalized spacial score (nSPS) is 21.2. The van der Waals surface area contributed by atoms with E-state index in [1.807, 2.05) is 11.8 Å². The van der Waals surface area contributed by atoms with Gasteiger partial charge in [0.2, 0.25) is 5.91 Å². The summed E-state index contributed by atoms with van der Waals surface area (Å²) in [6, 6.07) is 0.426. The minimum atomic E-state index is -0.123. The summed E-state index contributed by atoms with van der Waals surface area (Å²) < 4.78 is 0. The van der Waals surface area contributed by atoms with Crippen LogP contribution in [0.1, 0.15) is 36.8 Å². The molecule has 1 aromatic heterocycles. The Balaban J connectivity index is 2.00. The Morgan fingerprint density at radius 3 is 2.57 bits per heavy atom. The summed E-state index contributed by atoms with van der Waals surface area (Å²) in [5.74, 6) is 1.27. The number of amides is 1. The van der Waals surface area contributed by atoms with Gasteiger partial charge in [-0.15, -0.1) is 0 Å². The Hall–Kier alpha value is -1.69. The first-order valence-electron chi connectivity index (χ1n) is 8.34. The topological polar surface area (TPSA) is 69.3 Å². The number of aromatic nitrogens is 2. The number of hydrogen-bond acceptors (Lipinski definition) is 4. The van der Waals surface area contributed by atoms with Crippen molar-refractivity contribution in [3.8, 4) is 0 Å². The summed E-state index contributed by atoms with van der Waals surface area (Å²) in [5, 5.41) is 0. The Kier molecular flexibility index (Phi) is 5.57. The summed E-state index contributed by atoms with van der Waals surface area (Å²) in [6.07, 6.45) is 1.89. The molecule has 0 unspecified atom stereocenters. The molecule has 1 aromatic rings. The first-order valence-corrected chi connectivity index (χ1v) is 8.34. The minimum Gasteiger partial charge on any atom is -0.341 e. The van der Waals surface area contributed by atoms with Gasteiger partial charge in [-0.25, -0.2) is 4.98 Å². The van der Waals surface area contributed by atoms with Crippen molar-refractivity contribution in [2.24, 2.45) is 5.92 Å². The summed E-state index contributed by atoms with van der Waals surface area (Å²) in [5.41, 5.74) is 1.22. The molecular formula is C17H28N4O2. The predicted molar refractivity (Wildman–Crippen MR) is 90.5 cm³/mol. The number of carbonyl (C=O) groups excluding carboxylic acids is 1. The fourth-order valence-corrected chi connectivity index (χ4v) is 3.48. The van der Waals surface area contributed by atoms with Gasteiger partial charge in [0.05, 0.1) is 0 Å². The fraction of sp³-hybridized carbons (Fsp3) is 0.706. The molecule has 6 nitrogen and oxygen atoms in total. The van der Waals surface area contributed by atoms with E-state index in [4.69, 9.17) is 0 Å². The van der Waals surface area contributed by atoms with Gasteiger partial charge in [-0.05, 0) is 40.3 Å². The van der Waals surface area contributed by atoms with Crippen molar-refractivity contribution < 1.29 is 4.79 Å². The van der Waals surface area contributed by atoms with Crippen LogP contribution in [0.25, 0.3) is 0 Å². The molecule has 2 heterocycles. The van der Waals surface area contributed by atoms with E-state index in [0.717, 1.165) is 25.2 Å². The second kappa shape index (κ2) is 7.25. The van der Waals surface area contributed by atoms with Crippen LogP contribution in [0.4, 0.5) is 0 Å². The summed E-state index contributed by atoms with van der Waals surface area (Å²) in [6.45, 7) is 7.37. The zero-order valence-corrected chi connectivity index (χ0v) is 14.8. The van der Waals surface area contributed by atoms with E-state index in [1.54, 1.807) is 6.92 Å². The predicted octanol–water partition coefficient (Wildman–Crippen LogP) is 1.12. The molecule has 0 radical (unpaired) electrons. The molecule has 2 atom stereocenters. The highest BCUT2D eigenvalue weighted by atomic mass is 16.2. The molecule has 1 N–H and O–H groups in total. The molecule has 0 aromatic carbocycles. The third-order valence-corrected chi connectivity index (χ3v) is 4.88. The number of rotatable bonds is 5. The van der Waals surface area contributed by atoms with Gasteiger partial charge in [0.1, 0.15) is 5.82 Å². The quantitative estimate of drug-likeness (QED) is 0.882. The molecule has 23 heavy (non-hydrogen) atoms. The van der Waals surface area contributed by atoms with Gasteiger partial charge in [0.25, 0.3) is 5.56 Å². The lowest BCUT2D eigenvalue weighted by atomic mass is 10.0. The third kappa shape index (κ3) is 3.99. The van der Waals surface area contributed by atoms with Crippen molar-refractivity contribution >= 4 is 5.91 Å². The van der Waals surface area contributed by atoms with E-state index in [1.165, 1.54) is 0 Å². The van der Waals surface area contributed by atoms with E-state index >= 15 is 0 Å². The van der Waals surface area contributed by atoms with E-state index < -0.39 is 0 Å². The molecule has 6 heteroatoms. The zero-order chi connectivity index (χ0) is 17.1. The van der Waals surface area contributed by atoms with Crippen LogP contribution in [0.2, 0.25) is 0 Å². The first-order chi connectivity index (χ1) is 10.8. The fourth-order valence-electron chi connectivity index (χ4n) is 3.48. The number of hydrogen-bond donors (Lipinski definition) is 1. The van der Waals surface area contributed by atoms with Gasteiger partial charge in [0, 0.05) is 36.8 Å². The number of likely N-dealkylation sites (tertiary alicyclic amines) is 1. The number of H-pyrrole nitrogens is 1. The Morgan fingerprint density at radius 2 is 2.04 bits per heavy atom. The van der Waals surface area contributed by atoms with Gasteiger partial charge < -0.3 is 14.8 Å². The molecule has 0 saturated carbocycles. The third-order valence-electron chi connectivity index (χ3n) is 4.88. The van der Waals surface area contributed by atoms with Crippen molar-refractivity contribution in [2.45, 2.75) is 46.1 Å². The molecule has 1 fully saturated rings. The number of aryl methyl sites for hydroxylation is 2. The van der Waals surface area contributed by atoms with Gasteiger partial charge in [-0.3, -0.25) is 9.59 Å². The monoisotopic (exact) mass is 320 g/mol. The Labute approximate surface area is 137 Å². The number of likely N-dealkylation sites (N-methyl/N-ethyl adjacent to an activating group) is 1. The maximum atomic E-state index is 12.5. The van der Waals surface area contributed by atoms with Crippen LogP contribution in [0, 0.1) is 19.8 Å². The number of nitrogens with zero attached hydrogens (tertiary/aromatic N) is 3. The second-order valence-electron chi connectivity index (χ2n) is 6.71. The maximum absolute atomic E-state index is 12.5. The second-order valence-corrected chi connectivity index (χ2v) is 6.71. The molecule has 1 aliphatic heterocycles. The average molecular weight is 320 g/mol. The van der Waals surface area contributed by atoms with Crippen LogP contribution in [0.15, 0.2) is 4.79 Å². The van der Waals surface area contributed by atoms with Crippen LogP contribution in [0.5, 0.6) is 0 Å². The molecule has 2 rings (SSSR count). The highest BCUT2D eigenvalue weighted by Gasteiger charge is 2.34. The van der Waals surface area contributed by atoms with Crippen molar-refractivity contribution in [3.05, 3.63) is 27.4 Å². The molecule has 0 aliphatic carbocycles. The first kappa shape index (κ1) is 17.7. The number of aromatic amines is 1. The van der Waals surface area contributed by atoms with Crippen LogP contribution >= 0.6 is 0 Å². The lowest BCUT2D eigenvalue weighted by molar-refractivity contribution is -0.130. The van der Waals surface area contributed by atoms with Crippen LogP contribution in [0.3, 0.4) is 0 Å². The molecule has 0 bridgehead atoms. The van der Waals surface area contributed by atoms with Crippen molar-refractivity contribution in [1.29, 1.82) is 0 Å². The maximum Gasteiger partial charge on any atom is 0.254 e. The highest BCUT2D eigenvalue weighted by molar-refractivity contribution is 5.76. The molecule has 1 amide bonds. The lowest BCUT2D eigenvalue weighted by Crippen LogP contribution is -2.36. The van der Waals surface area contributed by atoms with Gasteiger partial charge in [-0.1, -0.05) is 13.3 Å². The Bertz CT molecular complexity index is 624. The Morgan fingerprint density at radius 1 is 1.35 bits per heavy atom. The van der Waals surface area contributed by atoms with Gasteiger partial charge >= 0.3 is 0 Å². The smallest absolute Gasteiger partial charge is 0.254 e. The van der Waals surface area contributed by atoms with E-state index in [0.29, 0.717) is 36.2 Å². The average Bonchev–Trinajstić information content (AvgIpc) is 2.90. The summed E-state index contributed by atoms with van der Waals surface area (Å²) >= 11 is 0. The summed E-state index contributed by atoms with van der Waals surface area (Å²) in [7, 11) is 4.14. The van der Waals surface area contributed by atoms with E-state index in [2.05, 4.69) is 35.9 Å². The number of nitrogens with one attached hydrogen (secondary N) is 1. The summed E-state index contributed by atoms with van der Waals surface area (Å²) in [4.78, 5) is 35.7. The lowest BCUT2D eigenvalue weighted by Gasteiger charge is -2.23. The van der Waals surface area contributed by atoms with Crippen molar-refractivity contribution in [2.75, 3.05) is 27.2 Å². The number of carbonyl (C=O) groups is 1. The van der Waals surface area contributed by atoms with Gasteiger partial charge in [-0.2, -0.15) is 0 Å². The zero-order valence-electron chi connectivity index (χ0n) is 14.8. The minimum absolute atomic E-state index is 0.123.